The SMILES string of the molecule is CCC(c1nnc(C)o1)N1C(=O)[C@@H](CC(=O)O)CC(c2cccc(Cl)c2)[C@H]1c1ccc(Cl)cc1. The molecule has 9 heteroatoms. The van der Waals surface area contributed by atoms with Gasteiger partial charge in [0.2, 0.25) is 17.7 Å². The van der Waals surface area contributed by atoms with Gasteiger partial charge in [-0.3, -0.25) is 9.59 Å². The third-order valence-electron chi connectivity index (χ3n) is 6.28. The number of amides is 1. The van der Waals surface area contributed by atoms with E-state index in [1.54, 1.807) is 30.0 Å². The molecule has 1 aliphatic rings. The number of carbonyl (C=O) groups excluding carboxylic acids is 1. The summed E-state index contributed by atoms with van der Waals surface area (Å²) in [7, 11) is 0. The molecule has 2 heterocycles. The first-order valence-corrected chi connectivity index (χ1v) is 11.9. The standard InChI is InChI=1S/C25H25Cl2N3O4/c1-3-21(24-29-28-14(2)34-24)30-23(15-7-9-18(26)10-8-15)20(16-5-4-6-19(27)11-16)12-17(25(30)33)13-22(31)32/h4-11,17,20-21,23H,3,12-13H2,1-2H3,(H,31,32)/t17-,20?,21?,23-/m1/s1. The predicted molar refractivity (Wildman–Crippen MR) is 128 cm³/mol. The number of nitrogens with zero attached hydrogens (tertiary/aromatic N) is 3. The van der Waals surface area contributed by atoms with Crippen LogP contribution in [0.2, 0.25) is 10.0 Å². The Morgan fingerprint density at radius 3 is 2.47 bits per heavy atom. The van der Waals surface area contributed by atoms with Crippen molar-refractivity contribution >= 4 is 35.1 Å². The highest BCUT2D eigenvalue weighted by molar-refractivity contribution is 6.30. The van der Waals surface area contributed by atoms with Crippen LogP contribution in [0.3, 0.4) is 0 Å². The molecule has 1 N–H and O–H groups in total. The van der Waals surface area contributed by atoms with Crippen molar-refractivity contribution in [2.24, 2.45) is 5.92 Å². The number of rotatable bonds is 7. The van der Waals surface area contributed by atoms with Crippen LogP contribution in [0.4, 0.5) is 0 Å². The minimum Gasteiger partial charge on any atom is -0.481 e. The highest BCUT2D eigenvalue weighted by Crippen LogP contribution is 2.50. The number of aryl methyl sites for hydroxylation is 1. The molecule has 0 bridgehead atoms. The van der Waals surface area contributed by atoms with E-state index >= 15 is 0 Å². The smallest absolute Gasteiger partial charge is 0.304 e. The Morgan fingerprint density at radius 2 is 1.88 bits per heavy atom. The molecule has 34 heavy (non-hydrogen) atoms. The zero-order valence-corrected chi connectivity index (χ0v) is 20.3. The largest absolute Gasteiger partial charge is 0.481 e. The molecule has 178 valence electrons. The van der Waals surface area contributed by atoms with Gasteiger partial charge < -0.3 is 14.4 Å². The average molecular weight is 502 g/mol. The van der Waals surface area contributed by atoms with Gasteiger partial charge in [0.1, 0.15) is 6.04 Å². The molecule has 7 nitrogen and oxygen atoms in total. The summed E-state index contributed by atoms with van der Waals surface area (Å²) in [6.45, 7) is 3.63. The fourth-order valence-electron chi connectivity index (χ4n) is 4.85. The fraction of sp³-hybridized carbons (Fsp3) is 0.360. The van der Waals surface area contributed by atoms with Crippen molar-refractivity contribution in [1.82, 2.24) is 15.1 Å². The van der Waals surface area contributed by atoms with Gasteiger partial charge in [-0.05, 0) is 48.2 Å². The third kappa shape index (κ3) is 4.95. The van der Waals surface area contributed by atoms with Crippen LogP contribution < -0.4 is 0 Å². The van der Waals surface area contributed by atoms with E-state index in [9.17, 15) is 14.7 Å². The van der Waals surface area contributed by atoms with Gasteiger partial charge >= 0.3 is 5.97 Å². The minimum atomic E-state index is -1.02. The molecule has 4 atom stereocenters. The Labute approximate surface area is 207 Å². The highest BCUT2D eigenvalue weighted by atomic mass is 35.5. The predicted octanol–water partition coefficient (Wildman–Crippen LogP) is 5.98. The maximum absolute atomic E-state index is 13.9. The van der Waals surface area contributed by atoms with E-state index in [2.05, 4.69) is 10.2 Å². The summed E-state index contributed by atoms with van der Waals surface area (Å²) in [4.78, 5) is 27.3. The van der Waals surface area contributed by atoms with E-state index in [4.69, 9.17) is 27.6 Å². The Kier molecular flexibility index (Phi) is 7.24. The zero-order chi connectivity index (χ0) is 24.4. The van der Waals surface area contributed by atoms with Gasteiger partial charge in [0.15, 0.2) is 0 Å². The van der Waals surface area contributed by atoms with E-state index < -0.39 is 24.0 Å². The monoisotopic (exact) mass is 501 g/mol. The Morgan fingerprint density at radius 1 is 1.15 bits per heavy atom. The molecule has 0 saturated carbocycles. The molecule has 2 aromatic carbocycles. The van der Waals surface area contributed by atoms with Gasteiger partial charge in [-0.15, -0.1) is 10.2 Å². The van der Waals surface area contributed by atoms with Crippen molar-refractivity contribution in [1.29, 1.82) is 0 Å². The Balaban J connectivity index is 1.90. The number of hydrogen-bond donors (Lipinski definition) is 1. The molecule has 4 rings (SSSR count). The molecule has 3 aromatic rings. The fourth-order valence-corrected chi connectivity index (χ4v) is 5.18. The summed E-state index contributed by atoms with van der Waals surface area (Å²) in [6, 6.07) is 13.9. The van der Waals surface area contributed by atoms with Crippen LogP contribution in [-0.4, -0.2) is 32.1 Å². The lowest BCUT2D eigenvalue weighted by Crippen LogP contribution is -2.49. The number of halogens is 2. The minimum absolute atomic E-state index is 0.208. The van der Waals surface area contributed by atoms with Crippen LogP contribution in [0.25, 0.3) is 0 Å². The lowest BCUT2D eigenvalue weighted by Gasteiger charge is -2.47. The number of carbonyl (C=O) groups is 2. The van der Waals surface area contributed by atoms with Crippen LogP contribution in [0.1, 0.15) is 67.1 Å². The summed E-state index contributed by atoms with van der Waals surface area (Å²) in [5.41, 5.74) is 1.81. The van der Waals surface area contributed by atoms with Crippen LogP contribution >= 0.6 is 23.2 Å². The first kappa shape index (κ1) is 24.2. The molecule has 1 aromatic heterocycles. The number of likely N-dealkylation sites (tertiary alicyclic amines) is 1. The maximum atomic E-state index is 13.9. The summed E-state index contributed by atoms with van der Waals surface area (Å²) in [5, 5.41) is 18.9. The number of carboxylic acids is 1. The second kappa shape index (κ2) is 10.2. The zero-order valence-electron chi connectivity index (χ0n) is 18.8. The van der Waals surface area contributed by atoms with Gasteiger partial charge in [-0.2, -0.15) is 0 Å². The van der Waals surface area contributed by atoms with Crippen LogP contribution in [-0.2, 0) is 9.59 Å². The van der Waals surface area contributed by atoms with Gasteiger partial charge in [0, 0.05) is 28.8 Å². The van der Waals surface area contributed by atoms with E-state index in [1.165, 1.54) is 0 Å². The molecule has 0 aliphatic carbocycles. The first-order valence-electron chi connectivity index (χ1n) is 11.1. The molecular formula is C25H25Cl2N3O4. The van der Waals surface area contributed by atoms with Crippen molar-refractivity contribution in [2.75, 3.05) is 0 Å². The first-order chi connectivity index (χ1) is 16.3. The normalized spacial score (nSPS) is 21.5. The van der Waals surface area contributed by atoms with Crippen molar-refractivity contribution in [2.45, 2.75) is 51.1 Å². The highest BCUT2D eigenvalue weighted by Gasteiger charge is 2.47. The second-order valence-corrected chi connectivity index (χ2v) is 9.39. The Bertz CT molecular complexity index is 1180. The van der Waals surface area contributed by atoms with Crippen molar-refractivity contribution in [3.63, 3.8) is 0 Å². The van der Waals surface area contributed by atoms with Gasteiger partial charge in [-0.25, -0.2) is 0 Å². The summed E-state index contributed by atoms with van der Waals surface area (Å²) in [6.07, 6.45) is 0.618. The van der Waals surface area contributed by atoms with Crippen LogP contribution in [0.5, 0.6) is 0 Å². The number of piperidine rings is 1. The maximum Gasteiger partial charge on any atom is 0.304 e. The number of aliphatic carboxylic acids is 1. The molecule has 1 amide bonds. The van der Waals surface area contributed by atoms with E-state index in [0.29, 0.717) is 34.7 Å². The average Bonchev–Trinajstić information content (AvgIpc) is 3.23. The summed E-state index contributed by atoms with van der Waals surface area (Å²) < 4.78 is 5.74. The molecule has 0 spiro atoms. The second-order valence-electron chi connectivity index (χ2n) is 8.52. The summed E-state index contributed by atoms with van der Waals surface area (Å²) >= 11 is 12.5. The molecule has 1 saturated heterocycles. The lowest BCUT2D eigenvalue weighted by atomic mass is 9.74. The van der Waals surface area contributed by atoms with E-state index in [0.717, 1.165) is 11.1 Å². The molecule has 0 radical (unpaired) electrons. The van der Waals surface area contributed by atoms with Gasteiger partial charge in [0.25, 0.3) is 0 Å². The van der Waals surface area contributed by atoms with Crippen LogP contribution in [0, 0.1) is 12.8 Å². The lowest BCUT2D eigenvalue weighted by molar-refractivity contribution is -0.153. The Hall–Kier alpha value is -2.90. The number of benzene rings is 2. The number of hydrogen-bond acceptors (Lipinski definition) is 5. The molecule has 2 unspecified atom stereocenters. The molecular weight excluding hydrogens is 477 g/mol. The van der Waals surface area contributed by atoms with E-state index in [-0.39, 0.29) is 18.2 Å². The van der Waals surface area contributed by atoms with Crippen molar-refractivity contribution < 1.29 is 19.1 Å². The van der Waals surface area contributed by atoms with E-state index in [1.807, 2.05) is 37.3 Å². The number of carboxylic acid groups (broad SMARTS) is 1. The summed E-state index contributed by atoms with van der Waals surface area (Å²) in [5.74, 6) is -1.45. The van der Waals surface area contributed by atoms with Crippen molar-refractivity contribution in [3.8, 4) is 0 Å². The molecule has 1 fully saturated rings. The van der Waals surface area contributed by atoms with Crippen molar-refractivity contribution in [3.05, 3.63) is 81.5 Å². The van der Waals surface area contributed by atoms with Gasteiger partial charge in [0.05, 0.1) is 12.5 Å². The number of aromatic nitrogens is 2. The van der Waals surface area contributed by atoms with Crippen LogP contribution in [0.15, 0.2) is 52.9 Å². The quantitative estimate of drug-likeness (QED) is 0.427. The van der Waals surface area contributed by atoms with Gasteiger partial charge in [-0.1, -0.05) is 54.4 Å². The topological polar surface area (TPSA) is 96.5 Å². The molecule has 1 aliphatic heterocycles. The third-order valence-corrected chi connectivity index (χ3v) is 6.77.